The lowest BCUT2D eigenvalue weighted by atomic mass is 10.3. The van der Waals surface area contributed by atoms with Crippen LogP contribution in [0.15, 0.2) is 30.6 Å². The molecule has 0 amide bonds. The molecule has 17 heavy (non-hydrogen) atoms. The second kappa shape index (κ2) is 4.20. The number of hydrogen-bond acceptors (Lipinski definition) is 4. The number of nitrogens with one attached hydrogen (secondary N) is 1. The summed E-state index contributed by atoms with van der Waals surface area (Å²) < 4.78 is 14.0. The van der Waals surface area contributed by atoms with Crippen LogP contribution >= 0.6 is 0 Å². The van der Waals surface area contributed by atoms with Crippen molar-refractivity contribution < 1.29 is 9.31 Å². The van der Waals surface area contributed by atoms with Gasteiger partial charge < -0.3 is 15.4 Å². The van der Waals surface area contributed by atoms with Gasteiger partial charge in [-0.05, 0) is 29.2 Å². The van der Waals surface area contributed by atoms with Gasteiger partial charge in [0, 0.05) is 5.69 Å². The Morgan fingerprint density at radius 3 is 2.65 bits per heavy atom. The van der Waals surface area contributed by atoms with Crippen LogP contribution in [0.3, 0.4) is 0 Å². The SMILES string of the molecule is Cn1cnc(Nc2ccc(F)cc2)c1[N+](=O)[O-]. The van der Waals surface area contributed by atoms with E-state index in [-0.39, 0.29) is 17.5 Å². The molecule has 0 spiro atoms. The van der Waals surface area contributed by atoms with Gasteiger partial charge in [-0.3, -0.25) is 0 Å². The molecule has 0 aliphatic heterocycles. The van der Waals surface area contributed by atoms with Crippen LogP contribution in [-0.2, 0) is 7.05 Å². The van der Waals surface area contributed by atoms with E-state index in [2.05, 4.69) is 10.3 Å². The Balaban J connectivity index is 2.30. The van der Waals surface area contributed by atoms with E-state index < -0.39 is 4.92 Å². The highest BCUT2D eigenvalue weighted by Crippen LogP contribution is 2.25. The molecule has 1 N–H and O–H groups in total. The lowest BCUT2D eigenvalue weighted by Crippen LogP contribution is -2.00. The standard InChI is InChI=1S/C10H9FN4O2/c1-14-6-12-9(10(14)15(16)17)13-8-4-2-7(11)3-5-8/h2-6,13H,1H3. The average molecular weight is 236 g/mol. The molecule has 7 heteroatoms. The third-order valence-electron chi connectivity index (χ3n) is 2.19. The van der Waals surface area contributed by atoms with Crippen LogP contribution in [0.2, 0.25) is 0 Å². The molecule has 0 aliphatic carbocycles. The van der Waals surface area contributed by atoms with Crippen molar-refractivity contribution >= 4 is 17.3 Å². The van der Waals surface area contributed by atoms with Gasteiger partial charge in [-0.15, -0.1) is 0 Å². The zero-order chi connectivity index (χ0) is 12.4. The fourth-order valence-electron chi connectivity index (χ4n) is 1.40. The second-order valence-electron chi connectivity index (χ2n) is 3.42. The first-order valence-corrected chi connectivity index (χ1v) is 4.76. The van der Waals surface area contributed by atoms with Crippen molar-refractivity contribution in [1.29, 1.82) is 0 Å². The van der Waals surface area contributed by atoms with E-state index in [4.69, 9.17) is 0 Å². The molecule has 0 saturated carbocycles. The number of anilines is 2. The van der Waals surface area contributed by atoms with Crippen LogP contribution < -0.4 is 5.32 Å². The normalized spacial score (nSPS) is 10.2. The van der Waals surface area contributed by atoms with Crippen LogP contribution in [0.5, 0.6) is 0 Å². The predicted octanol–water partition coefficient (Wildman–Crippen LogP) is 2.21. The van der Waals surface area contributed by atoms with Crippen molar-refractivity contribution in [2.24, 2.45) is 7.05 Å². The summed E-state index contributed by atoms with van der Waals surface area (Å²) in [6.45, 7) is 0. The number of imidazole rings is 1. The molecule has 88 valence electrons. The summed E-state index contributed by atoms with van der Waals surface area (Å²) >= 11 is 0. The molecule has 0 fully saturated rings. The molecular weight excluding hydrogens is 227 g/mol. The molecule has 0 bridgehead atoms. The first kappa shape index (κ1) is 11.1. The van der Waals surface area contributed by atoms with Crippen LogP contribution in [0.4, 0.5) is 21.7 Å². The van der Waals surface area contributed by atoms with Gasteiger partial charge in [0.25, 0.3) is 0 Å². The number of hydrogen-bond donors (Lipinski definition) is 1. The number of aromatic nitrogens is 2. The van der Waals surface area contributed by atoms with Crippen LogP contribution in [-0.4, -0.2) is 14.5 Å². The third kappa shape index (κ3) is 2.22. The quantitative estimate of drug-likeness (QED) is 0.655. The first-order chi connectivity index (χ1) is 8.08. The van der Waals surface area contributed by atoms with Gasteiger partial charge in [-0.1, -0.05) is 0 Å². The maximum atomic E-state index is 12.7. The lowest BCUT2D eigenvalue weighted by molar-refractivity contribution is -0.390. The number of rotatable bonds is 3. The van der Waals surface area contributed by atoms with E-state index in [1.807, 2.05) is 0 Å². The van der Waals surface area contributed by atoms with Crippen molar-refractivity contribution in [2.75, 3.05) is 5.32 Å². The largest absolute Gasteiger partial charge is 0.367 e. The molecule has 0 unspecified atom stereocenters. The predicted molar refractivity (Wildman–Crippen MR) is 59.5 cm³/mol. The average Bonchev–Trinajstić information content (AvgIpc) is 2.63. The van der Waals surface area contributed by atoms with Gasteiger partial charge in [-0.25, -0.2) is 8.96 Å². The molecule has 2 aromatic rings. The third-order valence-corrected chi connectivity index (χ3v) is 2.19. The summed E-state index contributed by atoms with van der Waals surface area (Å²) in [6, 6.07) is 5.48. The molecule has 0 atom stereocenters. The highest BCUT2D eigenvalue weighted by Gasteiger charge is 2.19. The molecular formula is C10H9FN4O2. The molecule has 0 saturated heterocycles. The smallest absolute Gasteiger partial charge is 0.358 e. The molecule has 1 aromatic heterocycles. The molecule has 6 nitrogen and oxygen atoms in total. The van der Waals surface area contributed by atoms with E-state index in [0.717, 1.165) is 0 Å². The van der Waals surface area contributed by atoms with Crippen LogP contribution in [0.25, 0.3) is 0 Å². The van der Waals surface area contributed by atoms with Crippen LogP contribution in [0, 0.1) is 15.9 Å². The van der Waals surface area contributed by atoms with E-state index in [0.29, 0.717) is 5.69 Å². The van der Waals surface area contributed by atoms with Crippen molar-refractivity contribution in [3.8, 4) is 0 Å². The summed E-state index contributed by atoms with van der Waals surface area (Å²) in [7, 11) is 1.53. The fourth-order valence-corrected chi connectivity index (χ4v) is 1.40. The number of benzene rings is 1. The van der Waals surface area contributed by atoms with Gasteiger partial charge >= 0.3 is 5.82 Å². The monoisotopic (exact) mass is 236 g/mol. The Labute approximate surface area is 95.9 Å². The first-order valence-electron chi connectivity index (χ1n) is 4.76. The summed E-state index contributed by atoms with van der Waals surface area (Å²) in [5, 5.41) is 13.6. The lowest BCUT2D eigenvalue weighted by Gasteiger charge is -2.03. The molecule has 1 aromatic carbocycles. The van der Waals surface area contributed by atoms with Gasteiger partial charge in [0.1, 0.15) is 5.82 Å². The fraction of sp³-hybridized carbons (Fsp3) is 0.100. The highest BCUT2D eigenvalue weighted by atomic mass is 19.1. The van der Waals surface area contributed by atoms with Crippen molar-refractivity contribution in [2.45, 2.75) is 0 Å². The summed E-state index contributed by atoms with van der Waals surface area (Å²) in [5.41, 5.74) is 0.535. The Hall–Kier alpha value is -2.44. The summed E-state index contributed by atoms with van der Waals surface area (Å²) in [6.07, 6.45) is 1.34. The zero-order valence-corrected chi connectivity index (χ0v) is 8.92. The summed E-state index contributed by atoms with van der Waals surface area (Å²) in [5.74, 6) is -0.385. The number of aryl methyl sites for hydroxylation is 1. The Morgan fingerprint density at radius 1 is 1.41 bits per heavy atom. The van der Waals surface area contributed by atoms with E-state index in [1.165, 1.54) is 42.2 Å². The molecule has 1 heterocycles. The van der Waals surface area contributed by atoms with Gasteiger partial charge in [0.15, 0.2) is 6.33 Å². The minimum atomic E-state index is -0.529. The maximum Gasteiger partial charge on any atom is 0.367 e. The van der Waals surface area contributed by atoms with E-state index >= 15 is 0 Å². The van der Waals surface area contributed by atoms with Crippen molar-refractivity contribution in [3.63, 3.8) is 0 Å². The van der Waals surface area contributed by atoms with Crippen LogP contribution in [0.1, 0.15) is 0 Å². The topological polar surface area (TPSA) is 73.0 Å². The maximum absolute atomic E-state index is 12.7. The minimum Gasteiger partial charge on any atom is -0.358 e. The second-order valence-corrected chi connectivity index (χ2v) is 3.42. The molecule has 2 rings (SSSR count). The molecule has 0 aliphatic rings. The Morgan fingerprint density at radius 2 is 2.06 bits per heavy atom. The zero-order valence-electron chi connectivity index (χ0n) is 8.92. The van der Waals surface area contributed by atoms with Gasteiger partial charge in [0.05, 0.1) is 7.05 Å². The minimum absolute atomic E-state index is 0.129. The van der Waals surface area contributed by atoms with E-state index in [1.54, 1.807) is 0 Å². The highest BCUT2D eigenvalue weighted by molar-refractivity contribution is 5.63. The Kier molecular flexibility index (Phi) is 2.73. The van der Waals surface area contributed by atoms with E-state index in [9.17, 15) is 14.5 Å². The summed E-state index contributed by atoms with van der Waals surface area (Å²) in [4.78, 5) is 14.1. The number of nitro groups is 1. The van der Waals surface area contributed by atoms with Crippen molar-refractivity contribution in [3.05, 3.63) is 46.5 Å². The Bertz CT molecular complexity index is 550. The van der Waals surface area contributed by atoms with Gasteiger partial charge in [0.2, 0.25) is 5.82 Å². The number of halogens is 1. The molecule has 0 radical (unpaired) electrons. The number of nitrogens with zero attached hydrogens (tertiary/aromatic N) is 3. The van der Waals surface area contributed by atoms with Crippen molar-refractivity contribution in [1.82, 2.24) is 9.55 Å². The van der Waals surface area contributed by atoms with Gasteiger partial charge in [-0.2, -0.15) is 4.98 Å².